The highest BCUT2D eigenvalue weighted by Gasteiger charge is 2.38. The average molecular weight is 599 g/mol. The lowest BCUT2D eigenvalue weighted by Crippen LogP contribution is -2.54. The van der Waals surface area contributed by atoms with Gasteiger partial charge in [0, 0.05) is 74.9 Å². The van der Waals surface area contributed by atoms with Crippen molar-refractivity contribution in [1.82, 2.24) is 25.3 Å². The van der Waals surface area contributed by atoms with Gasteiger partial charge in [0.05, 0.1) is 11.6 Å². The molecule has 3 heterocycles. The predicted octanol–water partition coefficient (Wildman–Crippen LogP) is 4.69. The first-order chi connectivity index (χ1) is 21.2. The van der Waals surface area contributed by atoms with E-state index < -0.39 is 5.60 Å². The van der Waals surface area contributed by atoms with Crippen molar-refractivity contribution < 1.29 is 14.3 Å². The van der Waals surface area contributed by atoms with E-state index in [0.717, 1.165) is 79.1 Å². The summed E-state index contributed by atoms with van der Waals surface area (Å²) in [6.45, 7) is 13.0. The summed E-state index contributed by atoms with van der Waals surface area (Å²) in [6.07, 6.45) is 4.02. The summed E-state index contributed by atoms with van der Waals surface area (Å²) in [5.74, 6) is 0.899. The Hall–Kier alpha value is -3.85. The van der Waals surface area contributed by atoms with E-state index in [9.17, 15) is 9.59 Å². The first-order valence-corrected chi connectivity index (χ1v) is 16.1. The Morgan fingerprint density at radius 2 is 1.77 bits per heavy atom. The normalized spacial score (nSPS) is 19.1. The van der Waals surface area contributed by atoms with Gasteiger partial charge in [-0.05, 0) is 76.6 Å². The molecular formula is C35H46N6O3. The molecule has 2 aromatic carbocycles. The first-order valence-electron chi connectivity index (χ1n) is 16.1. The van der Waals surface area contributed by atoms with Crippen LogP contribution in [0.5, 0.6) is 5.75 Å². The molecule has 2 N–H and O–H groups in total. The summed E-state index contributed by atoms with van der Waals surface area (Å²) < 4.78 is 6.29. The number of piperazine rings is 1. The van der Waals surface area contributed by atoms with Crippen LogP contribution in [0.3, 0.4) is 0 Å². The molecule has 1 aromatic heterocycles. The SMILES string of the molecule is Cc1n[nH]c(C)c1-c1ccc(CN(C(=O)C2CCCN(c3cccc(OC(C)(C)C(=O)N4CCNCC4)c3)C2)C2CC2)cc1. The van der Waals surface area contributed by atoms with Crippen LogP contribution in [0.1, 0.15) is 56.5 Å². The monoisotopic (exact) mass is 598 g/mol. The van der Waals surface area contributed by atoms with Gasteiger partial charge in [0.2, 0.25) is 5.91 Å². The van der Waals surface area contributed by atoms with Crippen LogP contribution in [0.15, 0.2) is 48.5 Å². The third-order valence-electron chi connectivity index (χ3n) is 9.24. The molecule has 2 saturated heterocycles. The molecule has 0 spiro atoms. The number of aromatic amines is 1. The van der Waals surface area contributed by atoms with Gasteiger partial charge < -0.3 is 24.8 Å². The molecule has 1 unspecified atom stereocenters. The minimum absolute atomic E-state index is 0.00884. The van der Waals surface area contributed by atoms with E-state index in [1.807, 2.05) is 50.8 Å². The number of hydrogen-bond donors (Lipinski definition) is 2. The van der Waals surface area contributed by atoms with Crippen molar-refractivity contribution in [1.29, 1.82) is 0 Å². The maximum atomic E-state index is 14.0. The molecule has 6 rings (SSSR count). The fourth-order valence-electron chi connectivity index (χ4n) is 6.70. The highest BCUT2D eigenvalue weighted by atomic mass is 16.5. The number of H-pyrrole nitrogens is 1. The van der Waals surface area contributed by atoms with Crippen molar-refractivity contribution in [3.8, 4) is 16.9 Å². The highest BCUT2D eigenvalue weighted by molar-refractivity contribution is 5.85. The molecule has 9 heteroatoms. The van der Waals surface area contributed by atoms with Gasteiger partial charge in [-0.2, -0.15) is 5.10 Å². The molecule has 3 aliphatic rings. The number of carbonyl (C=O) groups is 2. The number of anilines is 1. The van der Waals surface area contributed by atoms with E-state index in [4.69, 9.17) is 4.74 Å². The average Bonchev–Trinajstić information content (AvgIpc) is 3.83. The number of carbonyl (C=O) groups excluding carboxylic acids is 2. The zero-order valence-electron chi connectivity index (χ0n) is 26.6. The quantitative estimate of drug-likeness (QED) is 0.371. The molecule has 2 aliphatic heterocycles. The Labute approximate surface area is 260 Å². The molecular weight excluding hydrogens is 552 g/mol. The Kier molecular flexibility index (Phi) is 8.67. The van der Waals surface area contributed by atoms with Crippen molar-refractivity contribution in [3.05, 3.63) is 65.5 Å². The number of rotatable bonds is 9. The van der Waals surface area contributed by atoms with Crippen LogP contribution >= 0.6 is 0 Å². The van der Waals surface area contributed by atoms with Gasteiger partial charge in [-0.3, -0.25) is 14.7 Å². The van der Waals surface area contributed by atoms with Gasteiger partial charge >= 0.3 is 0 Å². The second kappa shape index (κ2) is 12.6. The number of piperidine rings is 1. The molecule has 2 amide bonds. The molecule has 1 aliphatic carbocycles. The second-order valence-corrected chi connectivity index (χ2v) is 13.1. The van der Waals surface area contributed by atoms with Crippen LogP contribution in [0.4, 0.5) is 5.69 Å². The molecule has 3 fully saturated rings. The Morgan fingerprint density at radius 3 is 2.45 bits per heavy atom. The number of hydrogen-bond acceptors (Lipinski definition) is 6. The Morgan fingerprint density at radius 1 is 1.02 bits per heavy atom. The number of amides is 2. The van der Waals surface area contributed by atoms with Gasteiger partial charge in [0.25, 0.3) is 5.91 Å². The smallest absolute Gasteiger partial charge is 0.266 e. The van der Waals surface area contributed by atoms with Crippen LogP contribution in [-0.2, 0) is 16.1 Å². The molecule has 9 nitrogen and oxygen atoms in total. The van der Waals surface area contributed by atoms with E-state index in [1.165, 1.54) is 0 Å². The third-order valence-corrected chi connectivity index (χ3v) is 9.24. The lowest BCUT2D eigenvalue weighted by molar-refractivity contribution is -0.146. The maximum absolute atomic E-state index is 14.0. The molecule has 3 aromatic rings. The minimum atomic E-state index is -0.963. The van der Waals surface area contributed by atoms with Crippen molar-refractivity contribution in [2.24, 2.45) is 5.92 Å². The summed E-state index contributed by atoms with van der Waals surface area (Å²) >= 11 is 0. The van der Waals surface area contributed by atoms with Crippen molar-refractivity contribution in [2.45, 2.75) is 71.6 Å². The Bertz CT molecular complexity index is 1450. The number of nitrogens with zero attached hydrogens (tertiary/aromatic N) is 4. The zero-order chi connectivity index (χ0) is 30.8. The summed E-state index contributed by atoms with van der Waals surface area (Å²) in [5.41, 5.74) is 5.58. The van der Waals surface area contributed by atoms with Gasteiger partial charge in [-0.1, -0.05) is 30.3 Å². The molecule has 1 saturated carbocycles. The van der Waals surface area contributed by atoms with Crippen LogP contribution in [0.2, 0.25) is 0 Å². The molecule has 234 valence electrons. The maximum Gasteiger partial charge on any atom is 0.266 e. The number of aromatic nitrogens is 2. The lowest BCUT2D eigenvalue weighted by Gasteiger charge is -2.37. The van der Waals surface area contributed by atoms with E-state index in [2.05, 4.69) is 55.6 Å². The summed E-state index contributed by atoms with van der Waals surface area (Å²) in [7, 11) is 0. The summed E-state index contributed by atoms with van der Waals surface area (Å²) in [6, 6.07) is 16.9. The summed E-state index contributed by atoms with van der Waals surface area (Å²) in [5, 5.41) is 10.7. The van der Waals surface area contributed by atoms with Crippen molar-refractivity contribution >= 4 is 17.5 Å². The molecule has 0 radical (unpaired) electrons. The number of benzene rings is 2. The van der Waals surface area contributed by atoms with Gasteiger partial charge in [0.15, 0.2) is 5.60 Å². The van der Waals surface area contributed by atoms with E-state index >= 15 is 0 Å². The third kappa shape index (κ3) is 6.62. The topological polar surface area (TPSA) is 93.8 Å². The van der Waals surface area contributed by atoms with Crippen LogP contribution in [-0.4, -0.2) is 82.7 Å². The largest absolute Gasteiger partial charge is 0.478 e. The number of aryl methyl sites for hydroxylation is 2. The molecule has 0 bridgehead atoms. The predicted molar refractivity (Wildman–Crippen MR) is 173 cm³/mol. The fraction of sp³-hybridized carbons (Fsp3) is 0.514. The zero-order valence-corrected chi connectivity index (χ0v) is 26.6. The first kappa shape index (κ1) is 30.2. The lowest BCUT2D eigenvalue weighted by atomic mass is 9.95. The Balaban J connectivity index is 1.11. The van der Waals surface area contributed by atoms with Gasteiger partial charge in [-0.25, -0.2) is 0 Å². The number of ether oxygens (including phenoxy) is 1. The standard InChI is InChI=1S/C35H46N6O3/c1-24-32(25(2)38-37-24)27-12-10-26(11-13-27)22-41(29-14-15-29)33(42)28-7-6-18-40(23-28)30-8-5-9-31(21-30)44-35(3,4)34(43)39-19-16-36-17-20-39/h5,8-13,21,28-29,36H,6-7,14-20,22-23H2,1-4H3,(H,37,38). The number of nitrogens with one attached hydrogen (secondary N) is 2. The van der Waals surface area contributed by atoms with E-state index in [-0.39, 0.29) is 17.7 Å². The molecule has 44 heavy (non-hydrogen) atoms. The minimum Gasteiger partial charge on any atom is -0.478 e. The van der Waals surface area contributed by atoms with Gasteiger partial charge in [0.1, 0.15) is 5.75 Å². The second-order valence-electron chi connectivity index (χ2n) is 13.1. The molecule has 1 atom stereocenters. The highest BCUT2D eigenvalue weighted by Crippen LogP contribution is 2.34. The fourth-order valence-corrected chi connectivity index (χ4v) is 6.70. The van der Waals surface area contributed by atoms with Crippen molar-refractivity contribution in [2.75, 3.05) is 44.2 Å². The van der Waals surface area contributed by atoms with Crippen LogP contribution in [0.25, 0.3) is 11.1 Å². The van der Waals surface area contributed by atoms with E-state index in [0.29, 0.717) is 38.0 Å². The van der Waals surface area contributed by atoms with Crippen LogP contribution < -0.4 is 15.0 Å². The van der Waals surface area contributed by atoms with E-state index in [1.54, 1.807) is 0 Å². The van der Waals surface area contributed by atoms with Crippen molar-refractivity contribution in [3.63, 3.8) is 0 Å². The van der Waals surface area contributed by atoms with Gasteiger partial charge in [-0.15, -0.1) is 0 Å². The summed E-state index contributed by atoms with van der Waals surface area (Å²) in [4.78, 5) is 33.5. The van der Waals surface area contributed by atoms with Crippen LogP contribution in [0, 0.1) is 19.8 Å².